The highest BCUT2D eigenvalue weighted by Crippen LogP contribution is 2.37. The van der Waals surface area contributed by atoms with Crippen LogP contribution < -0.4 is 5.32 Å². The van der Waals surface area contributed by atoms with E-state index >= 15 is 0 Å². The summed E-state index contributed by atoms with van der Waals surface area (Å²) in [6.07, 6.45) is 0.791. The number of nitrogens with zero attached hydrogens (tertiary/aromatic N) is 1. The molecule has 0 spiro atoms. The van der Waals surface area contributed by atoms with Crippen LogP contribution in [-0.2, 0) is 28.2 Å². The maximum Gasteiger partial charge on any atom is 0.341 e. The largest absolute Gasteiger partial charge is 0.465 e. The second-order valence-electron chi connectivity index (χ2n) is 6.32. The van der Waals surface area contributed by atoms with Crippen molar-refractivity contribution in [3.63, 3.8) is 0 Å². The predicted molar refractivity (Wildman–Crippen MR) is 115 cm³/mol. The van der Waals surface area contributed by atoms with Gasteiger partial charge in [-0.2, -0.15) is 0 Å². The molecule has 1 aliphatic heterocycles. The van der Waals surface area contributed by atoms with Crippen molar-refractivity contribution in [1.82, 2.24) is 4.90 Å². The number of ether oxygens (including phenoxy) is 1. The van der Waals surface area contributed by atoms with Crippen LogP contribution in [0.1, 0.15) is 26.4 Å². The first-order valence-electron chi connectivity index (χ1n) is 8.52. The molecule has 2 heterocycles. The summed E-state index contributed by atoms with van der Waals surface area (Å²) in [5, 5.41) is 3.53. The summed E-state index contributed by atoms with van der Waals surface area (Å²) >= 11 is 6.54. The van der Waals surface area contributed by atoms with Crippen LogP contribution in [0.5, 0.6) is 0 Å². The predicted octanol–water partition coefficient (Wildman–Crippen LogP) is 4.16. The SMILES string of the molecule is COC(=O)c1c(NC(=O)CSCc2ccccc2Br)sc2c1CCN(C)C2. The molecular weight excluding hydrogens is 448 g/mol. The van der Waals surface area contributed by atoms with Crippen molar-refractivity contribution in [2.75, 3.05) is 31.8 Å². The number of hydrogen-bond donors (Lipinski definition) is 1. The van der Waals surface area contributed by atoms with Crippen LogP contribution in [0, 0.1) is 0 Å². The molecule has 0 saturated carbocycles. The second kappa shape index (κ2) is 9.23. The number of hydrogen-bond acceptors (Lipinski definition) is 6. The number of halogens is 1. The summed E-state index contributed by atoms with van der Waals surface area (Å²) in [6, 6.07) is 7.98. The molecule has 0 radical (unpaired) electrons. The topological polar surface area (TPSA) is 58.6 Å². The molecule has 1 aromatic carbocycles. The van der Waals surface area contributed by atoms with Gasteiger partial charge in [-0.05, 0) is 30.7 Å². The zero-order valence-corrected chi connectivity index (χ0v) is 18.4. The van der Waals surface area contributed by atoms with Gasteiger partial charge in [0.15, 0.2) is 0 Å². The number of nitrogens with one attached hydrogen (secondary N) is 1. The van der Waals surface area contributed by atoms with Crippen molar-refractivity contribution in [3.8, 4) is 0 Å². The monoisotopic (exact) mass is 468 g/mol. The van der Waals surface area contributed by atoms with Crippen LogP contribution in [0.2, 0.25) is 0 Å². The van der Waals surface area contributed by atoms with Crippen LogP contribution in [0.4, 0.5) is 5.00 Å². The van der Waals surface area contributed by atoms with E-state index in [4.69, 9.17) is 4.74 Å². The van der Waals surface area contributed by atoms with Crippen molar-refractivity contribution in [3.05, 3.63) is 50.3 Å². The Morgan fingerprint density at radius 1 is 1.37 bits per heavy atom. The summed E-state index contributed by atoms with van der Waals surface area (Å²) in [7, 11) is 3.43. The molecule has 1 aliphatic rings. The summed E-state index contributed by atoms with van der Waals surface area (Å²) in [6.45, 7) is 1.68. The zero-order valence-electron chi connectivity index (χ0n) is 15.2. The van der Waals surface area contributed by atoms with E-state index in [1.807, 2.05) is 24.3 Å². The number of methoxy groups -OCH3 is 1. The standard InChI is InChI=1S/C19H21BrN2O3S2/c1-22-8-7-13-15(9-22)27-18(17(13)19(24)25-2)21-16(23)11-26-10-12-5-3-4-6-14(12)20/h3-6H,7-11H2,1-2H3,(H,21,23). The van der Waals surface area contributed by atoms with Gasteiger partial charge < -0.3 is 15.0 Å². The van der Waals surface area contributed by atoms with Gasteiger partial charge in [-0.1, -0.05) is 34.1 Å². The molecule has 1 aromatic heterocycles. The van der Waals surface area contributed by atoms with E-state index in [0.29, 0.717) is 16.3 Å². The van der Waals surface area contributed by atoms with E-state index in [2.05, 4.69) is 33.2 Å². The Morgan fingerprint density at radius 2 is 2.15 bits per heavy atom. The number of esters is 1. The average Bonchev–Trinajstić information content (AvgIpc) is 2.99. The van der Waals surface area contributed by atoms with E-state index in [1.54, 1.807) is 11.8 Å². The lowest BCUT2D eigenvalue weighted by Crippen LogP contribution is -2.26. The average molecular weight is 469 g/mol. The van der Waals surface area contributed by atoms with Gasteiger partial charge in [0.1, 0.15) is 5.00 Å². The number of rotatable bonds is 6. The molecule has 0 atom stereocenters. The van der Waals surface area contributed by atoms with Crippen molar-refractivity contribution < 1.29 is 14.3 Å². The molecular formula is C19H21BrN2O3S2. The number of thioether (sulfide) groups is 1. The lowest BCUT2D eigenvalue weighted by Gasteiger charge is -2.22. The van der Waals surface area contributed by atoms with Crippen molar-refractivity contribution in [2.45, 2.75) is 18.7 Å². The van der Waals surface area contributed by atoms with E-state index in [0.717, 1.165) is 45.7 Å². The number of benzene rings is 1. The number of carbonyl (C=O) groups is 2. The van der Waals surface area contributed by atoms with Crippen LogP contribution in [-0.4, -0.2) is 43.2 Å². The zero-order chi connectivity index (χ0) is 19.4. The number of likely N-dealkylation sites (N-methyl/N-ethyl adjacent to an activating group) is 1. The first-order valence-corrected chi connectivity index (χ1v) is 11.3. The molecule has 1 amide bonds. The van der Waals surface area contributed by atoms with Gasteiger partial charge in [0, 0.05) is 28.2 Å². The molecule has 2 aromatic rings. The highest BCUT2D eigenvalue weighted by atomic mass is 79.9. The maximum absolute atomic E-state index is 12.4. The quantitative estimate of drug-likeness (QED) is 0.644. The molecule has 3 rings (SSSR count). The van der Waals surface area contributed by atoms with E-state index in [1.165, 1.54) is 18.4 Å². The lowest BCUT2D eigenvalue weighted by atomic mass is 10.0. The fraction of sp³-hybridized carbons (Fsp3) is 0.368. The smallest absolute Gasteiger partial charge is 0.341 e. The van der Waals surface area contributed by atoms with Crippen molar-refractivity contribution in [1.29, 1.82) is 0 Å². The van der Waals surface area contributed by atoms with Crippen LogP contribution in [0.15, 0.2) is 28.7 Å². The number of carbonyl (C=O) groups excluding carboxylic acids is 2. The summed E-state index contributed by atoms with van der Waals surface area (Å²) in [4.78, 5) is 28.0. The van der Waals surface area contributed by atoms with E-state index in [-0.39, 0.29) is 11.9 Å². The summed E-state index contributed by atoms with van der Waals surface area (Å²) in [5.41, 5.74) is 2.69. The van der Waals surface area contributed by atoms with E-state index < -0.39 is 0 Å². The maximum atomic E-state index is 12.4. The third-order valence-corrected chi connectivity index (χ3v) is 7.23. The molecule has 0 saturated heterocycles. The molecule has 0 bridgehead atoms. The van der Waals surface area contributed by atoms with Gasteiger partial charge in [-0.3, -0.25) is 4.79 Å². The van der Waals surface area contributed by atoms with Crippen LogP contribution in [0.3, 0.4) is 0 Å². The van der Waals surface area contributed by atoms with Gasteiger partial charge >= 0.3 is 5.97 Å². The summed E-state index contributed by atoms with van der Waals surface area (Å²) in [5.74, 6) is 0.576. The normalized spacial score (nSPS) is 13.9. The highest BCUT2D eigenvalue weighted by Gasteiger charge is 2.28. The van der Waals surface area contributed by atoms with Gasteiger partial charge in [0.05, 0.1) is 18.4 Å². The molecule has 1 N–H and O–H groups in total. The minimum Gasteiger partial charge on any atom is -0.465 e. The number of anilines is 1. The van der Waals surface area contributed by atoms with Crippen molar-refractivity contribution in [2.24, 2.45) is 0 Å². The fourth-order valence-corrected chi connectivity index (χ4v) is 5.74. The first-order chi connectivity index (χ1) is 13.0. The third kappa shape index (κ3) is 4.93. The lowest BCUT2D eigenvalue weighted by molar-refractivity contribution is -0.113. The van der Waals surface area contributed by atoms with Gasteiger partial charge in [0.25, 0.3) is 0 Å². The molecule has 0 unspecified atom stereocenters. The van der Waals surface area contributed by atoms with Gasteiger partial charge in [-0.15, -0.1) is 23.1 Å². The minimum absolute atomic E-state index is 0.107. The fourth-order valence-electron chi connectivity index (χ4n) is 2.97. The van der Waals surface area contributed by atoms with Gasteiger partial charge in [0.2, 0.25) is 5.91 Å². The van der Waals surface area contributed by atoms with Crippen molar-refractivity contribution >= 4 is 55.9 Å². The Labute approximate surface area is 175 Å². The second-order valence-corrected chi connectivity index (χ2v) is 9.26. The Balaban J connectivity index is 1.66. The number of thiophene rings is 1. The Morgan fingerprint density at radius 3 is 2.89 bits per heavy atom. The molecule has 8 heteroatoms. The molecule has 0 fully saturated rings. The minimum atomic E-state index is -0.381. The molecule has 27 heavy (non-hydrogen) atoms. The Bertz CT molecular complexity index is 853. The van der Waals surface area contributed by atoms with Crippen LogP contribution in [0.25, 0.3) is 0 Å². The third-order valence-electron chi connectivity index (χ3n) is 4.34. The highest BCUT2D eigenvalue weighted by molar-refractivity contribution is 9.10. The first kappa shape index (κ1) is 20.4. The van der Waals surface area contributed by atoms with Crippen LogP contribution >= 0.6 is 39.0 Å². The van der Waals surface area contributed by atoms with Gasteiger partial charge in [-0.25, -0.2) is 4.79 Å². The number of fused-ring (bicyclic) bond motifs is 1. The molecule has 0 aliphatic carbocycles. The summed E-state index contributed by atoms with van der Waals surface area (Å²) < 4.78 is 6.00. The molecule has 5 nitrogen and oxygen atoms in total. The van der Waals surface area contributed by atoms with E-state index in [9.17, 15) is 9.59 Å². The number of amides is 1. The Kier molecular flexibility index (Phi) is 6.97. The Hall–Kier alpha value is -1.35. The molecule has 144 valence electrons.